The van der Waals surface area contributed by atoms with Crippen LogP contribution in [0.1, 0.15) is 18.9 Å². The van der Waals surface area contributed by atoms with Crippen molar-refractivity contribution in [2.24, 2.45) is 0 Å². The van der Waals surface area contributed by atoms with Crippen LogP contribution in [0.4, 0.5) is 17.1 Å². The van der Waals surface area contributed by atoms with Crippen LogP contribution in [0.15, 0.2) is 66.7 Å². The molecule has 0 aliphatic carbocycles. The number of hydrogen-bond donors (Lipinski definition) is 2. The smallest absolute Gasteiger partial charge is 0.221 e. The summed E-state index contributed by atoms with van der Waals surface area (Å²) >= 11 is 2.35. The fourth-order valence-corrected chi connectivity index (χ4v) is 3.90. The highest BCUT2D eigenvalue weighted by Crippen LogP contribution is 2.34. The number of amides is 1. The normalized spacial score (nSPS) is 11.0. The van der Waals surface area contributed by atoms with Gasteiger partial charge in [-0.2, -0.15) is 0 Å². The van der Waals surface area contributed by atoms with E-state index in [0.717, 1.165) is 61.9 Å². The molecule has 5 nitrogen and oxygen atoms in total. The second-order valence-electron chi connectivity index (χ2n) is 7.34. The maximum absolute atomic E-state index is 11.7. The topological polar surface area (TPSA) is 63.2 Å². The average molecular weight is 525 g/mol. The van der Waals surface area contributed by atoms with Crippen molar-refractivity contribution in [2.45, 2.75) is 20.0 Å². The van der Waals surface area contributed by atoms with Gasteiger partial charge < -0.3 is 15.4 Å². The standard InChI is InChI=1S/C25H24IN3O2/c1-17(30)27-19-13-18(16-31-12-6-11-26)14-20(15-19)28-25-21-7-2-4-9-23(21)29-24-10-5-3-8-22(24)25/h2-5,7-10,13-15H,6,11-12,16H2,1H3,(H,27,30)(H,28,29). The van der Waals surface area contributed by atoms with Crippen molar-refractivity contribution in [3.63, 3.8) is 0 Å². The Balaban J connectivity index is 1.75. The number of aromatic nitrogens is 1. The molecule has 0 aliphatic rings. The minimum Gasteiger partial charge on any atom is -0.377 e. The first kappa shape index (κ1) is 21.5. The number of carbonyl (C=O) groups is 1. The number of fused-ring (bicyclic) bond motifs is 2. The lowest BCUT2D eigenvalue weighted by Crippen LogP contribution is -2.07. The number of benzene rings is 3. The molecule has 1 amide bonds. The maximum Gasteiger partial charge on any atom is 0.221 e. The second-order valence-corrected chi connectivity index (χ2v) is 8.42. The van der Waals surface area contributed by atoms with Crippen molar-refractivity contribution < 1.29 is 9.53 Å². The molecule has 0 unspecified atom stereocenters. The summed E-state index contributed by atoms with van der Waals surface area (Å²) in [4.78, 5) is 16.5. The van der Waals surface area contributed by atoms with Crippen molar-refractivity contribution in [2.75, 3.05) is 21.7 Å². The summed E-state index contributed by atoms with van der Waals surface area (Å²) in [6.45, 7) is 2.73. The number of rotatable bonds is 8. The molecule has 0 saturated carbocycles. The van der Waals surface area contributed by atoms with E-state index in [9.17, 15) is 4.79 Å². The van der Waals surface area contributed by atoms with E-state index >= 15 is 0 Å². The SMILES string of the molecule is CC(=O)Nc1cc(COCCCI)cc(Nc2c3ccccc3nc3ccccc23)c1. The molecule has 0 spiro atoms. The summed E-state index contributed by atoms with van der Waals surface area (Å²) < 4.78 is 6.88. The van der Waals surface area contributed by atoms with Gasteiger partial charge in [0.1, 0.15) is 0 Å². The molecule has 2 N–H and O–H groups in total. The van der Waals surface area contributed by atoms with Crippen molar-refractivity contribution in [3.05, 3.63) is 72.3 Å². The van der Waals surface area contributed by atoms with Gasteiger partial charge in [0.2, 0.25) is 5.91 Å². The first-order valence-electron chi connectivity index (χ1n) is 10.2. The third-order valence-corrected chi connectivity index (χ3v) is 5.62. The van der Waals surface area contributed by atoms with E-state index in [1.807, 2.05) is 48.5 Å². The third-order valence-electron chi connectivity index (χ3n) is 4.86. The van der Waals surface area contributed by atoms with Crippen LogP contribution in [0, 0.1) is 0 Å². The summed E-state index contributed by atoms with van der Waals surface area (Å²) in [5.74, 6) is -0.103. The summed E-state index contributed by atoms with van der Waals surface area (Å²) in [6, 6.07) is 22.2. The zero-order valence-corrected chi connectivity index (χ0v) is 19.5. The number of carbonyl (C=O) groups excluding carboxylic acids is 1. The molecule has 1 heterocycles. The first-order valence-corrected chi connectivity index (χ1v) is 11.8. The van der Waals surface area contributed by atoms with E-state index in [4.69, 9.17) is 9.72 Å². The zero-order valence-electron chi connectivity index (χ0n) is 17.3. The van der Waals surface area contributed by atoms with Gasteiger partial charge in [-0.1, -0.05) is 59.0 Å². The molecule has 0 fully saturated rings. The monoisotopic (exact) mass is 525 g/mol. The highest BCUT2D eigenvalue weighted by molar-refractivity contribution is 14.1. The van der Waals surface area contributed by atoms with Crippen molar-refractivity contribution in [1.29, 1.82) is 0 Å². The molecule has 4 rings (SSSR count). The number of anilines is 3. The Hall–Kier alpha value is -2.71. The van der Waals surface area contributed by atoms with Crippen molar-refractivity contribution in [1.82, 2.24) is 4.98 Å². The number of alkyl halides is 1. The number of hydrogen-bond acceptors (Lipinski definition) is 4. The molecule has 0 atom stereocenters. The van der Waals surface area contributed by atoms with Crippen LogP contribution >= 0.6 is 22.6 Å². The van der Waals surface area contributed by atoms with Crippen LogP contribution in [0.5, 0.6) is 0 Å². The lowest BCUT2D eigenvalue weighted by Gasteiger charge is -2.16. The molecule has 0 bridgehead atoms. The minimum atomic E-state index is -0.103. The number of nitrogens with zero attached hydrogens (tertiary/aromatic N) is 1. The zero-order chi connectivity index (χ0) is 21.6. The predicted molar refractivity (Wildman–Crippen MR) is 136 cm³/mol. The third kappa shape index (κ3) is 5.32. The fraction of sp³-hybridized carbons (Fsp3) is 0.200. The molecule has 3 aromatic carbocycles. The minimum absolute atomic E-state index is 0.103. The molecular formula is C25H24IN3O2. The van der Waals surface area contributed by atoms with Gasteiger partial charge in [-0.25, -0.2) is 4.98 Å². The van der Waals surface area contributed by atoms with Gasteiger partial charge in [0.05, 0.1) is 23.3 Å². The molecule has 158 valence electrons. The van der Waals surface area contributed by atoms with Gasteiger partial charge in [0.25, 0.3) is 0 Å². The van der Waals surface area contributed by atoms with Gasteiger partial charge in [-0.3, -0.25) is 4.79 Å². The Bertz CT molecular complexity index is 1170. The van der Waals surface area contributed by atoms with Gasteiger partial charge in [-0.15, -0.1) is 0 Å². The highest BCUT2D eigenvalue weighted by atomic mass is 127. The summed E-state index contributed by atoms with van der Waals surface area (Å²) in [5, 5.41) is 8.59. The van der Waals surface area contributed by atoms with Crippen LogP contribution < -0.4 is 10.6 Å². The molecule has 6 heteroatoms. The molecule has 31 heavy (non-hydrogen) atoms. The van der Waals surface area contributed by atoms with Crippen molar-refractivity contribution in [3.8, 4) is 0 Å². The highest BCUT2D eigenvalue weighted by Gasteiger charge is 2.11. The van der Waals surface area contributed by atoms with E-state index in [0.29, 0.717) is 6.61 Å². The molecule has 0 radical (unpaired) electrons. The van der Waals surface area contributed by atoms with Crippen LogP contribution in [0.2, 0.25) is 0 Å². The van der Waals surface area contributed by atoms with Crippen LogP contribution in [0.3, 0.4) is 0 Å². The van der Waals surface area contributed by atoms with E-state index in [2.05, 4.69) is 51.4 Å². The Morgan fingerprint density at radius 2 is 1.61 bits per heavy atom. The predicted octanol–water partition coefficient (Wildman–Crippen LogP) is 6.43. The molecule has 0 aliphatic heterocycles. The number of ether oxygens (including phenoxy) is 1. The largest absolute Gasteiger partial charge is 0.377 e. The molecule has 0 saturated heterocycles. The van der Waals surface area contributed by atoms with E-state index < -0.39 is 0 Å². The Labute approximate surface area is 195 Å². The van der Waals surface area contributed by atoms with Gasteiger partial charge in [-0.05, 0) is 42.3 Å². The van der Waals surface area contributed by atoms with Crippen LogP contribution in [-0.2, 0) is 16.1 Å². The van der Waals surface area contributed by atoms with Crippen molar-refractivity contribution >= 4 is 67.4 Å². The van der Waals surface area contributed by atoms with Gasteiger partial charge in [0.15, 0.2) is 0 Å². The lowest BCUT2D eigenvalue weighted by atomic mass is 10.1. The summed E-state index contributed by atoms with van der Waals surface area (Å²) in [5.41, 5.74) is 5.50. The molecule has 1 aromatic heterocycles. The summed E-state index contributed by atoms with van der Waals surface area (Å²) in [6.07, 6.45) is 1.02. The lowest BCUT2D eigenvalue weighted by molar-refractivity contribution is -0.114. The molecular weight excluding hydrogens is 501 g/mol. The second kappa shape index (κ2) is 10.1. The van der Waals surface area contributed by atoms with Gasteiger partial charge in [0, 0.05) is 40.1 Å². The quantitative estimate of drug-likeness (QED) is 0.120. The van der Waals surface area contributed by atoms with Crippen LogP contribution in [-0.4, -0.2) is 21.9 Å². The van der Waals surface area contributed by atoms with Gasteiger partial charge >= 0.3 is 0 Å². The number of para-hydroxylation sites is 2. The van der Waals surface area contributed by atoms with Crippen LogP contribution in [0.25, 0.3) is 21.8 Å². The molecule has 4 aromatic rings. The maximum atomic E-state index is 11.7. The average Bonchev–Trinajstić information content (AvgIpc) is 2.76. The first-order chi connectivity index (χ1) is 15.1. The van der Waals surface area contributed by atoms with E-state index in [1.54, 1.807) is 0 Å². The fourth-order valence-electron chi connectivity index (χ4n) is 3.59. The number of nitrogens with one attached hydrogen (secondary N) is 2. The number of pyridine rings is 1. The Morgan fingerprint density at radius 1 is 0.968 bits per heavy atom. The Morgan fingerprint density at radius 3 is 2.26 bits per heavy atom. The number of halogens is 1. The van der Waals surface area contributed by atoms with E-state index in [1.165, 1.54) is 6.92 Å². The summed E-state index contributed by atoms with van der Waals surface area (Å²) in [7, 11) is 0. The van der Waals surface area contributed by atoms with E-state index in [-0.39, 0.29) is 5.91 Å². The Kier molecular flexibility index (Phi) is 6.99.